The average molecular weight is 376 g/mol. The maximum absolute atomic E-state index is 12.7. The van der Waals surface area contributed by atoms with Crippen LogP contribution in [0.2, 0.25) is 0 Å². The van der Waals surface area contributed by atoms with Crippen molar-refractivity contribution in [2.24, 2.45) is 0 Å². The molecule has 0 amide bonds. The third-order valence-electron chi connectivity index (χ3n) is 4.21. The van der Waals surface area contributed by atoms with Gasteiger partial charge in [0, 0.05) is 16.8 Å². The molecule has 1 aromatic heterocycles. The van der Waals surface area contributed by atoms with Crippen molar-refractivity contribution in [3.8, 4) is 0 Å². The van der Waals surface area contributed by atoms with Gasteiger partial charge in [-0.05, 0) is 48.7 Å². The molecule has 0 saturated carbocycles. The summed E-state index contributed by atoms with van der Waals surface area (Å²) in [6.07, 6.45) is -0.892. The number of nitrogens with one attached hydrogen (secondary N) is 1. The Morgan fingerprint density at radius 1 is 1.12 bits per heavy atom. The number of aliphatic hydroxyl groups is 1. The van der Waals surface area contributed by atoms with E-state index in [1.807, 2.05) is 48.7 Å². The monoisotopic (exact) mass is 375 g/mol. The molecule has 6 heteroatoms. The first kappa shape index (κ1) is 18.1. The molecule has 0 saturated heterocycles. The second-order valence-electron chi connectivity index (χ2n) is 6.28. The Kier molecular flexibility index (Phi) is 4.97. The van der Waals surface area contributed by atoms with E-state index in [0.717, 1.165) is 21.2 Å². The minimum atomic E-state index is -3.68. The van der Waals surface area contributed by atoms with Gasteiger partial charge in [-0.15, -0.1) is 11.3 Å². The lowest BCUT2D eigenvalue weighted by atomic mass is 10.1. The summed E-state index contributed by atoms with van der Waals surface area (Å²) in [6.45, 7) is 5.46. The molecule has 0 aliphatic carbocycles. The van der Waals surface area contributed by atoms with Crippen LogP contribution in [0, 0.1) is 20.8 Å². The first-order valence-corrected chi connectivity index (χ1v) is 10.4. The summed E-state index contributed by atoms with van der Waals surface area (Å²) in [5.74, 6) is 0. The average Bonchev–Trinajstić information content (AvgIpc) is 2.95. The van der Waals surface area contributed by atoms with Gasteiger partial charge in [0.1, 0.15) is 0 Å². The number of sulfonamides is 1. The highest BCUT2D eigenvalue weighted by atomic mass is 32.2. The minimum absolute atomic E-state index is 0.0597. The molecule has 1 heterocycles. The van der Waals surface area contributed by atoms with Crippen LogP contribution < -0.4 is 4.72 Å². The van der Waals surface area contributed by atoms with Crippen molar-refractivity contribution >= 4 is 31.4 Å². The molecule has 2 N–H and O–H groups in total. The largest absolute Gasteiger partial charge is 0.387 e. The van der Waals surface area contributed by atoms with Crippen LogP contribution in [0.15, 0.2) is 46.7 Å². The standard InChI is InChI=1S/C19H21NO3S2/c1-12-8-13(2)19(14(3)9-12)25(22,23)20-10-17(21)16-11-24-18-7-5-4-6-15(16)18/h4-9,11,17,20-21H,10H2,1-3H3. The summed E-state index contributed by atoms with van der Waals surface area (Å²) in [6, 6.07) is 11.5. The number of hydrogen-bond donors (Lipinski definition) is 2. The van der Waals surface area contributed by atoms with Crippen molar-refractivity contribution < 1.29 is 13.5 Å². The summed E-state index contributed by atoms with van der Waals surface area (Å²) < 4.78 is 29.0. The van der Waals surface area contributed by atoms with Crippen LogP contribution in [0.5, 0.6) is 0 Å². The third kappa shape index (κ3) is 3.62. The Morgan fingerprint density at radius 2 is 1.76 bits per heavy atom. The molecule has 0 radical (unpaired) electrons. The molecule has 0 fully saturated rings. The van der Waals surface area contributed by atoms with Gasteiger partial charge in [0.05, 0.1) is 11.0 Å². The molecule has 132 valence electrons. The van der Waals surface area contributed by atoms with Gasteiger partial charge in [-0.25, -0.2) is 13.1 Å². The number of aliphatic hydroxyl groups excluding tert-OH is 1. The number of fused-ring (bicyclic) bond motifs is 1. The maximum atomic E-state index is 12.7. The minimum Gasteiger partial charge on any atom is -0.387 e. The Labute approximate surface area is 152 Å². The van der Waals surface area contributed by atoms with E-state index in [4.69, 9.17) is 0 Å². The van der Waals surface area contributed by atoms with Crippen LogP contribution in [0.1, 0.15) is 28.4 Å². The molecule has 0 spiro atoms. The van der Waals surface area contributed by atoms with Gasteiger partial charge in [0.25, 0.3) is 0 Å². The summed E-state index contributed by atoms with van der Waals surface area (Å²) in [5, 5.41) is 13.3. The van der Waals surface area contributed by atoms with Gasteiger partial charge < -0.3 is 5.11 Å². The molecule has 0 aliphatic heterocycles. The second-order valence-corrected chi connectivity index (χ2v) is 8.90. The number of thiophene rings is 1. The maximum Gasteiger partial charge on any atom is 0.241 e. The van der Waals surface area contributed by atoms with E-state index in [9.17, 15) is 13.5 Å². The fourth-order valence-corrected chi connectivity index (χ4v) is 5.71. The zero-order valence-electron chi connectivity index (χ0n) is 14.4. The van der Waals surface area contributed by atoms with Gasteiger partial charge in [0.2, 0.25) is 10.0 Å². The Hall–Kier alpha value is -1.73. The summed E-state index contributed by atoms with van der Waals surface area (Å²) in [5.41, 5.74) is 3.19. The van der Waals surface area contributed by atoms with Crippen molar-refractivity contribution in [2.45, 2.75) is 31.8 Å². The van der Waals surface area contributed by atoms with Gasteiger partial charge in [-0.1, -0.05) is 35.9 Å². The van der Waals surface area contributed by atoms with E-state index in [0.29, 0.717) is 16.0 Å². The van der Waals surface area contributed by atoms with E-state index >= 15 is 0 Å². The van der Waals surface area contributed by atoms with Crippen molar-refractivity contribution in [1.82, 2.24) is 4.72 Å². The highest BCUT2D eigenvalue weighted by Gasteiger charge is 2.22. The molecule has 1 atom stereocenters. The molecule has 2 aromatic carbocycles. The van der Waals surface area contributed by atoms with E-state index in [1.54, 1.807) is 25.2 Å². The van der Waals surface area contributed by atoms with Crippen LogP contribution in [0.25, 0.3) is 10.1 Å². The molecule has 25 heavy (non-hydrogen) atoms. The number of hydrogen-bond acceptors (Lipinski definition) is 4. The van der Waals surface area contributed by atoms with E-state index in [-0.39, 0.29) is 6.54 Å². The Bertz CT molecular complexity index is 999. The molecule has 0 bridgehead atoms. The number of rotatable bonds is 5. The zero-order chi connectivity index (χ0) is 18.2. The van der Waals surface area contributed by atoms with Gasteiger partial charge in [0.15, 0.2) is 0 Å². The fraction of sp³-hybridized carbons (Fsp3) is 0.263. The predicted molar refractivity (Wildman–Crippen MR) is 103 cm³/mol. The van der Waals surface area contributed by atoms with Crippen molar-refractivity contribution in [3.63, 3.8) is 0 Å². The highest BCUT2D eigenvalue weighted by Crippen LogP contribution is 2.30. The Morgan fingerprint density at radius 3 is 2.44 bits per heavy atom. The molecule has 3 aromatic rings. The highest BCUT2D eigenvalue weighted by molar-refractivity contribution is 7.89. The lowest BCUT2D eigenvalue weighted by Crippen LogP contribution is -2.29. The lowest BCUT2D eigenvalue weighted by Gasteiger charge is -2.15. The Balaban J connectivity index is 1.83. The van der Waals surface area contributed by atoms with E-state index in [2.05, 4.69) is 4.72 Å². The third-order valence-corrected chi connectivity index (χ3v) is 6.92. The van der Waals surface area contributed by atoms with Crippen molar-refractivity contribution in [1.29, 1.82) is 0 Å². The topological polar surface area (TPSA) is 66.4 Å². The van der Waals surface area contributed by atoms with Crippen LogP contribution in [0.3, 0.4) is 0 Å². The van der Waals surface area contributed by atoms with Crippen LogP contribution in [-0.4, -0.2) is 20.1 Å². The molecular weight excluding hydrogens is 354 g/mol. The smallest absolute Gasteiger partial charge is 0.241 e. The second kappa shape index (κ2) is 6.88. The van der Waals surface area contributed by atoms with Gasteiger partial charge >= 0.3 is 0 Å². The van der Waals surface area contributed by atoms with E-state index < -0.39 is 16.1 Å². The van der Waals surface area contributed by atoms with Gasteiger partial charge in [-0.3, -0.25) is 0 Å². The zero-order valence-corrected chi connectivity index (χ0v) is 16.0. The summed E-state index contributed by atoms with van der Waals surface area (Å²) >= 11 is 1.54. The van der Waals surface area contributed by atoms with Crippen LogP contribution in [0.4, 0.5) is 0 Å². The molecular formula is C19H21NO3S2. The molecule has 1 unspecified atom stereocenters. The first-order valence-electron chi connectivity index (χ1n) is 8.01. The summed E-state index contributed by atoms with van der Waals surface area (Å²) in [7, 11) is -3.68. The quantitative estimate of drug-likeness (QED) is 0.712. The van der Waals surface area contributed by atoms with Crippen molar-refractivity contribution in [3.05, 3.63) is 64.0 Å². The first-order chi connectivity index (χ1) is 11.8. The van der Waals surface area contributed by atoms with Crippen molar-refractivity contribution in [2.75, 3.05) is 6.54 Å². The SMILES string of the molecule is Cc1cc(C)c(S(=O)(=O)NCC(O)c2csc3ccccc23)c(C)c1. The predicted octanol–water partition coefficient (Wildman–Crippen LogP) is 3.84. The van der Waals surface area contributed by atoms with Gasteiger partial charge in [-0.2, -0.15) is 0 Å². The van der Waals surface area contributed by atoms with Crippen LogP contribution >= 0.6 is 11.3 Å². The normalized spacial score (nSPS) is 13.3. The number of benzene rings is 2. The molecule has 3 rings (SSSR count). The molecule has 0 aliphatic rings. The number of aryl methyl sites for hydroxylation is 3. The summed E-state index contributed by atoms with van der Waals surface area (Å²) in [4.78, 5) is 0.292. The molecule has 4 nitrogen and oxygen atoms in total. The lowest BCUT2D eigenvalue weighted by molar-refractivity contribution is 0.184. The fourth-order valence-electron chi connectivity index (χ4n) is 3.22. The van der Waals surface area contributed by atoms with Crippen LogP contribution in [-0.2, 0) is 10.0 Å². The van der Waals surface area contributed by atoms with E-state index in [1.165, 1.54) is 0 Å².